The van der Waals surface area contributed by atoms with Crippen LogP contribution in [0, 0.1) is 0 Å². The lowest BCUT2D eigenvalue weighted by molar-refractivity contribution is 0.521. The Morgan fingerprint density at radius 1 is 1.25 bits per heavy atom. The molecule has 0 atom stereocenters. The van der Waals surface area contributed by atoms with Crippen molar-refractivity contribution in [2.45, 2.75) is 11.3 Å². The Balaban J connectivity index is 2.00. The maximum Gasteiger partial charge on any atom is 0.242 e. The number of sulfonamides is 1. The molecule has 0 saturated heterocycles. The van der Waals surface area contributed by atoms with Gasteiger partial charge in [-0.1, -0.05) is 11.6 Å². The molecule has 1 aliphatic rings. The Morgan fingerprint density at radius 2 is 1.95 bits per heavy atom. The summed E-state index contributed by atoms with van der Waals surface area (Å²) in [6.07, 6.45) is 3.25. The van der Waals surface area contributed by atoms with E-state index in [2.05, 4.69) is 16.7 Å². The minimum atomic E-state index is -3.34. The Labute approximate surface area is 120 Å². The molecule has 0 fully saturated rings. The first-order valence-corrected chi connectivity index (χ1v) is 8.09. The molecule has 0 unspecified atom stereocenters. The van der Waals surface area contributed by atoms with Gasteiger partial charge in [0.2, 0.25) is 10.0 Å². The number of benzene rings is 1. The minimum absolute atomic E-state index is 0.314. The van der Waals surface area contributed by atoms with E-state index in [9.17, 15) is 8.42 Å². The van der Waals surface area contributed by atoms with Gasteiger partial charge in [-0.15, -0.1) is 0 Å². The summed E-state index contributed by atoms with van der Waals surface area (Å²) in [5, 5.41) is 6.59. The van der Waals surface area contributed by atoms with E-state index in [0.717, 1.165) is 31.7 Å². The molecular weight excluding hydrogens is 274 g/mol. The summed E-state index contributed by atoms with van der Waals surface area (Å²) in [4.78, 5) is 0.314. The van der Waals surface area contributed by atoms with Crippen LogP contribution in [0.25, 0.3) is 0 Å². The molecule has 1 aromatic rings. The molecule has 0 amide bonds. The van der Waals surface area contributed by atoms with Gasteiger partial charge >= 0.3 is 0 Å². The van der Waals surface area contributed by atoms with E-state index in [4.69, 9.17) is 0 Å². The maximum atomic E-state index is 11.9. The fraction of sp³-hybridized carbons (Fsp3) is 0.429. The van der Waals surface area contributed by atoms with Crippen molar-refractivity contribution < 1.29 is 8.42 Å². The average Bonchev–Trinajstić information content (AvgIpc) is 2.46. The molecule has 1 aliphatic heterocycles. The first-order valence-electron chi connectivity index (χ1n) is 6.65. The second-order valence-electron chi connectivity index (χ2n) is 4.98. The molecule has 6 heteroatoms. The number of anilines is 1. The van der Waals surface area contributed by atoms with E-state index < -0.39 is 10.0 Å². The van der Waals surface area contributed by atoms with Crippen molar-refractivity contribution in [3.63, 3.8) is 0 Å². The minimum Gasteiger partial charge on any atom is -0.381 e. The first-order chi connectivity index (χ1) is 9.50. The van der Waals surface area contributed by atoms with Gasteiger partial charge in [-0.2, -0.15) is 0 Å². The topological polar surface area (TPSA) is 61.4 Å². The highest BCUT2D eigenvalue weighted by Crippen LogP contribution is 2.17. The summed E-state index contributed by atoms with van der Waals surface area (Å²) < 4.78 is 25.1. The standard InChI is InChI=1S/C14H21N3O2S/c1-17(2)20(18,19)14-5-3-13(4-6-14)16-11-12-7-9-15-10-8-12/h3-7,15-16H,8-11H2,1-2H3. The van der Waals surface area contributed by atoms with Gasteiger partial charge in [0.05, 0.1) is 4.90 Å². The molecule has 2 N–H and O–H groups in total. The highest BCUT2D eigenvalue weighted by molar-refractivity contribution is 7.89. The van der Waals surface area contributed by atoms with Crippen LogP contribution in [-0.4, -0.2) is 46.5 Å². The summed E-state index contributed by atoms with van der Waals surface area (Å²) in [6.45, 7) is 2.76. The molecule has 1 heterocycles. The lowest BCUT2D eigenvalue weighted by Crippen LogP contribution is -2.23. The fourth-order valence-corrected chi connectivity index (χ4v) is 2.90. The van der Waals surface area contributed by atoms with Crippen LogP contribution in [0.4, 0.5) is 5.69 Å². The SMILES string of the molecule is CN(C)S(=O)(=O)c1ccc(NCC2=CCNCC2)cc1. The lowest BCUT2D eigenvalue weighted by atomic mass is 10.1. The van der Waals surface area contributed by atoms with Crippen LogP contribution in [0.1, 0.15) is 6.42 Å². The lowest BCUT2D eigenvalue weighted by Gasteiger charge is -2.16. The second kappa shape index (κ2) is 6.39. The first kappa shape index (κ1) is 15.0. The van der Waals surface area contributed by atoms with Gasteiger partial charge in [-0.3, -0.25) is 0 Å². The largest absolute Gasteiger partial charge is 0.381 e. The van der Waals surface area contributed by atoms with E-state index in [-0.39, 0.29) is 0 Å². The number of hydrogen-bond acceptors (Lipinski definition) is 4. The van der Waals surface area contributed by atoms with Crippen LogP contribution in [0.2, 0.25) is 0 Å². The zero-order valence-corrected chi connectivity index (χ0v) is 12.7. The predicted octanol–water partition coefficient (Wildman–Crippen LogP) is 1.27. The van der Waals surface area contributed by atoms with Crippen LogP contribution >= 0.6 is 0 Å². The van der Waals surface area contributed by atoms with E-state index >= 15 is 0 Å². The van der Waals surface area contributed by atoms with Crippen LogP contribution in [0.15, 0.2) is 40.8 Å². The number of nitrogens with zero attached hydrogens (tertiary/aromatic N) is 1. The molecule has 0 bridgehead atoms. The van der Waals surface area contributed by atoms with Crippen molar-refractivity contribution in [3.05, 3.63) is 35.9 Å². The van der Waals surface area contributed by atoms with Gasteiger partial charge in [-0.05, 0) is 37.2 Å². The van der Waals surface area contributed by atoms with Gasteiger partial charge in [0, 0.05) is 32.9 Å². The van der Waals surface area contributed by atoms with E-state index in [0.29, 0.717) is 4.90 Å². The molecule has 110 valence electrons. The third kappa shape index (κ3) is 3.59. The Kier molecular flexibility index (Phi) is 4.80. The highest BCUT2D eigenvalue weighted by Gasteiger charge is 2.16. The van der Waals surface area contributed by atoms with Gasteiger partial charge in [-0.25, -0.2) is 12.7 Å². The Morgan fingerprint density at radius 3 is 2.50 bits per heavy atom. The summed E-state index contributed by atoms with van der Waals surface area (Å²) in [6, 6.07) is 6.87. The van der Waals surface area contributed by atoms with Crippen LogP contribution in [0.5, 0.6) is 0 Å². The monoisotopic (exact) mass is 295 g/mol. The molecule has 5 nitrogen and oxygen atoms in total. The van der Waals surface area contributed by atoms with E-state index in [1.807, 2.05) is 0 Å². The van der Waals surface area contributed by atoms with E-state index in [1.54, 1.807) is 24.3 Å². The van der Waals surface area contributed by atoms with Crippen molar-refractivity contribution in [2.75, 3.05) is 39.0 Å². The molecule has 0 radical (unpaired) electrons. The zero-order chi connectivity index (χ0) is 14.6. The summed E-state index contributed by atoms with van der Waals surface area (Å²) in [5.74, 6) is 0. The van der Waals surface area contributed by atoms with Gasteiger partial charge < -0.3 is 10.6 Å². The number of nitrogens with one attached hydrogen (secondary N) is 2. The smallest absolute Gasteiger partial charge is 0.242 e. The molecule has 0 spiro atoms. The van der Waals surface area contributed by atoms with Crippen molar-refractivity contribution in [1.82, 2.24) is 9.62 Å². The average molecular weight is 295 g/mol. The summed E-state index contributed by atoms with van der Waals surface area (Å²) >= 11 is 0. The summed E-state index contributed by atoms with van der Waals surface area (Å²) in [5.41, 5.74) is 2.32. The molecular formula is C14H21N3O2S. The molecule has 2 rings (SSSR count). The predicted molar refractivity (Wildman–Crippen MR) is 81.4 cm³/mol. The zero-order valence-electron chi connectivity index (χ0n) is 11.9. The third-order valence-electron chi connectivity index (χ3n) is 3.31. The Bertz CT molecular complexity index is 577. The fourth-order valence-electron chi connectivity index (χ4n) is 2.00. The normalized spacial score (nSPS) is 16.1. The highest BCUT2D eigenvalue weighted by atomic mass is 32.2. The van der Waals surface area contributed by atoms with Crippen molar-refractivity contribution in [2.24, 2.45) is 0 Å². The van der Waals surface area contributed by atoms with Crippen molar-refractivity contribution >= 4 is 15.7 Å². The molecule has 1 aromatic carbocycles. The van der Waals surface area contributed by atoms with E-state index in [1.165, 1.54) is 24.0 Å². The van der Waals surface area contributed by atoms with Crippen LogP contribution in [0.3, 0.4) is 0 Å². The molecule has 0 saturated carbocycles. The molecule has 0 aromatic heterocycles. The quantitative estimate of drug-likeness (QED) is 0.803. The molecule has 0 aliphatic carbocycles. The third-order valence-corrected chi connectivity index (χ3v) is 5.14. The Hall–Kier alpha value is -1.37. The second-order valence-corrected chi connectivity index (χ2v) is 7.13. The van der Waals surface area contributed by atoms with Crippen LogP contribution in [-0.2, 0) is 10.0 Å². The number of rotatable bonds is 5. The van der Waals surface area contributed by atoms with Crippen molar-refractivity contribution in [1.29, 1.82) is 0 Å². The molecule has 20 heavy (non-hydrogen) atoms. The van der Waals surface area contributed by atoms with Gasteiger partial charge in [0.25, 0.3) is 0 Å². The number of hydrogen-bond donors (Lipinski definition) is 2. The summed E-state index contributed by atoms with van der Waals surface area (Å²) in [7, 11) is -0.278. The van der Waals surface area contributed by atoms with Crippen LogP contribution < -0.4 is 10.6 Å². The maximum absolute atomic E-state index is 11.9. The van der Waals surface area contributed by atoms with Gasteiger partial charge in [0.15, 0.2) is 0 Å². The van der Waals surface area contributed by atoms with Gasteiger partial charge in [0.1, 0.15) is 0 Å². The van der Waals surface area contributed by atoms with Crippen molar-refractivity contribution in [3.8, 4) is 0 Å².